The fraction of sp³-hybridized carbons (Fsp3) is 0.625. The van der Waals surface area contributed by atoms with E-state index < -0.39 is 0 Å². The first-order valence-corrected chi connectivity index (χ1v) is 7.56. The molecule has 0 spiro atoms. The van der Waals surface area contributed by atoms with Crippen LogP contribution in [0.4, 0.5) is 0 Å². The van der Waals surface area contributed by atoms with Gasteiger partial charge in [0.25, 0.3) is 0 Å². The number of hydrogen-bond donors (Lipinski definition) is 1. The topological polar surface area (TPSA) is 39.7 Å². The molecule has 1 heterocycles. The smallest absolute Gasteiger partial charge is 0.161 e. The maximum absolute atomic E-state index is 6.19. The van der Waals surface area contributed by atoms with Gasteiger partial charge in [-0.1, -0.05) is 25.5 Å². The highest BCUT2D eigenvalue weighted by molar-refractivity contribution is 5.39. The number of morpholine rings is 1. The minimum absolute atomic E-state index is 0.0643. The second-order valence-electron chi connectivity index (χ2n) is 4.94. The summed E-state index contributed by atoms with van der Waals surface area (Å²) in [5.41, 5.74) is 0. The normalized spacial score (nSPS) is 20.4. The van der Waals surface area contributed by atoms with Gasteiger partial charge in [0, 0.05) is 13.1 Å². The predicted octanol–water partition coefficient (Wildman–Crippen LogP) is 2.62. The van der Waals surface area contributed by atoms with E-state index in [1.165, 1.54) is 0 Å². The third-order valence-corrected chi connectivity index (χ3v) is 3.37. The van der Waals surface area contributed by atoms with Crippen molar-refractivity contribution in [2.45, 2.75) is 38.9 Å². The van der Waals surface area contributed by atoms with E-state index >= 15 is 0 Å². The first kappa shape index (κ1) is 15.1. The summed E-state index contributed by atoms with van der Waals surface area (Å²) < 4.78 is 17.6. The standard InChI is InChI=1S/C16H25NO3/c1-3-7-14(16-12-17-10-11-19-16)20-15-9-6-5-8-13(15)18-4-2/h5-6,8-9,14,16-17H,3-4,7,10-12H2,1-2H3/t14-,16-/m0/s1. The Balaban J connectivity index is 2.06. The van der Waals surface area contributed by atoms with E-state index in [-0.39, 0.29) is 12.2 Å². The zero-order valence-electron chi connectivity index (χ0n) is 12.4. The maximum atomic E-state index is 6.19. The van der Waals surface area contributed by atoms with Crippen LogP contribution in [-0.2, 0) is 4.74 Å². The third kappa shape index (κ3) is 4.12. The van der Waals surface area contributed by atoms with E-state index in [4.69, 9.17) is 14.2 Å². The van der Waals surface area contributed by atoms with Crippen LogP contribution in [0, 0.1) is 0 Å². The van der Waals surface area contributed by atoms with E-state index in [0.717, 1.165) is 44.0 Å². The van der Waals surface area contributed by atoms with Crippen molar-refractivity contribution in [3.63, 3.8) is 0 Å². The maximum Gasteiger partial charge on any atom is 0.161 e. The lowest BCUT2D eigenvalue weighted by molar-refractivity contribution is -0.0452. The minimum Gasteiger partial charge on any atom is -0.490 e. The molecule has 1 N–H and O–H groups in total. The number of benzene rings is 1. The average Bonchev–Trinajstić information content (AvgIpc) is 2.50. The van der Waals surface area contributed by atoms with Gasteiger partial charge in [0.1, 0.15) is 12.2 Å². The fourth-order valence-electron chi connectivity index (χ4n) is 2.42. The number of nitrogens with one attached hydrogen (secondary N) is 1. The van der Waals surface area contributed by atoms with E-state index in [0.29, 0.717) is 6.61 Å². The van der Waals surface area contributed by atoms with E-state index in [9.17, 15) is 0 Å². The molecule has 0 bridgehead atoms. The first-order chi connectivity index (χ1) is 9.85. The Morgan fingerprint density at radius 3 is 2.75 bits per heavy atom. The van der Waals surface area contributed by atoms with E-state index in [1.807, 2.05) is 31.2 Å². The van der Waals surface area contributed by atoms with Crippen molar-refractivity contribution in [2.75, 3.05) is 26.3 Å². The van der Waals surface area contributed by atoms with Crippen LogP contribution in [0.3, 0.4) is 0 Å². The Morgan fingerprint density at radius 1 is 1.30 bits per heavy atom. The van der Waals surface area contributed by atoms with Crippen molar-refractivity contribution in [1.82, 2.24) is 5.32 Å². The molecule has 1 aromatic carbocycles. The average molecular weight is 279 g/mol. The number of para-hydroxylation sites is 2. The predicted molar refractivity (Wildman–Crippen MR) is 79.5 cm³/mol. The molecule has 0 aliphatic carbocycles. The van der Waals surface area contributed by atoms with Gasteiger partial charge in [-0.2, -0.15) is 0 Å². The molecule has 1 aliphatic heterocycles. The second-order valence-corrected chi connectivity index (χ2v) is 4.94. The van der Waals surface area contributed by atoms with Gasteiger partial charge in [0.2, 0.25) is 0 Å². The minimum atomic E-state index is 0.0643. The summed E-state index contributed by atoms with van der Waals surface area (Å²) in [5, 5.41) is 3.36. The molecule has 0 unspecified atom stereocenters. The molecular formula is C16H25NO3. The Labute approximate surface area is 121 Å². The number of hydrogen-bond acceptors (Lipinski definition) is 4. The molecule has 20 heavy (non-hydrogen) atoms. The van der Waals surface area contributed by atoms with Gasteiger partial charge in [0.15, 0.2) is 11.5 Å². The molecule has 0 aromatic heterocycles. The lowest BCUT2D eigenvalue weighted by Crippen LogP contribution is -2.47. The van der Waals surface area contributed by atoms with Gasteiger partial charge in [-0.25, -0.2) is 0 Å². The van der Waals surface area contributed by atoms with Gasteiger partial charge >= 0.3 is 0 Å². The summed E-state index contributed by atoms with van der Waals surface area (Å²) in [4.78, 5) is 0. The summed E-state index contributed by atoms with van der Waals surface area (Å²) in [7, 11) is 0. The molecule has 4 heteroatoms. The quantitative estimate of drug-likeness (QED) is 0.833. The first-order valence-electron chi connectivity index (χ1n) is 7.56. The van der Waals surface area contributed by atoms with Crippen LogP contribution in [0.2, 0.25) is 0 Å². The highest BCUT2D eigenvalue weighted by Crippen LogP contribution is 2.29. The Morgan fingerprint density at radius 2 is 2.10 bits per heavy atom. The second kappa shape index (κ2) is 8.12. The van der Waals surface area contributed by atoms with Crippen molar-refractivity contribution in [2.24, 2.45) is 0 Å². The molecule has 0 amide bonds. The number of rotatable bonds is 7. The zero-order chi connectivity index (χ0) is 14.2. The van der Waals surface area contributed by atoms with Crippen LogP contribution in [0.15, 0.2) is 24.3 Å². The highest BCUT2D eigenvalue weighted by Gasteiger charge is 2.26. The molecule has 0 saturated carbocycles. The Bertz CT molecular complexity index is 391. The molecule has 112 valence electrons. The molecule has 0 radical (unpaired) electrons. The summed E-state index contributed by atoms with van der Waals surface area (Å²) >= 11 is 0. The molecule has 2 atom stereocenters. The monoisotopic (exact) mass is 279 g/mol. The highest BCUT2D eigenvalue weighted by atomic mass is 16.6. The van der Waals surface area contributed by atoms with Gasteiger partial charge in [-0.05, 0) is 25.5 Å². The van der Waals surface area contributed by atoms with Crippen LogP contribution in [-0.4, -0.2) is 38.5 Å². The van der Waals surface area contributed by atoms with Gasteiger partial charge in [-0.3, -0.25) is 0 Å². The third-order valence-electron chi connectivity index (χ3n) is 3.37. The van der Waals surface area contributed by atoms with Gasteiger partial charge < -0.3 is 19.5 Å². The van der Waals surface area contributed by atoms with Gasteiger partial charge in [0.05, 0.1) is 13.2 Å². The van der Waals surface area contributed by atoms with Crippen LogP contribution >= 0.6 is 0 Å². The van der Waals surface area contributed by atoms with Crippen LogP contribution in [0.5, 0.6) is 11.5 Å². The van der Waals surface area contributed by atoms with Crippen molar-refractivity contribution >= 4 is 0 Å². The Kier molecular flexibility index (Phi) is 6.15. The zero-order valence-corrected chi connectivity index (χ0v) is 12.4. The van der Waals surface area contributed by atoms with Crippen LogP contribution in [0.1, 0.15) is 26.7 Å². The Hall–Kier alpha value is -1.26. The van der Waals surface area contributed by atoms with Crippen molar-refractivity contribution in [3.05, 3.63) is 24.3 Å². The van der Waals surface area contributed by atoms with Crippen molar-refractivity contribution in [1.29, 1.82) is 0 Å². The molecule has 1 aromatic rings. The van der Waals surface area contributed by atoms with Crippen molar-refractivity contribution in [3.8, 4) is 11.5 Å². The van der Waals surface area contributed by atoms with Crippen LogP contribution in [0.25, 0.3) is 0 Å². The summed E-state index contributed by atoms with van der Waals surface area (Å²) in [6.07, 6.45) is 2.22. The SMILES string of the molecule is CCC[C@H](Oc1ccccc1OCC)[C@@H]1CNCCO1. The molecule has 1 aliphatic rings. The number of ether oxygens (including phenoxy) is 3. The molecule has 4 nitrogen and oxygen atoms in total. The largest absolute Gasteiger partial charge is 0.490 e. The fourth-order valence-corrected chi connectivity index (χ4v) is 2.42. The summed E-state index contributed by atoms with van der Waals surface area (Å²) in [6.45, 7) is 7.31. The summed E-state index contributed by atoms with van der Waals surface area (Å²) in [5.74, 6) is 1.61. The molecule has 2 rings (SSSR count). The van der Waals surface area contributed by atoms with Gasteiger partial charge in [-0.15, -0.1) is 0 Å². The summed E-state index contributed by atoms with van der Waals surface area (Å²) in [6, 6.07) is 7.85. The lowest BCUT2D eigenvalue weighted by atomic mass is 10.1. The van der Waals surface area contributed by atoms with E-state index in [2.05, 4.69) is 12.2 Å². The van der Waals surface area contributed by atoms with Crippen molar-refractivity contribution < 1.29 is 14.2 Å². The lowest BCUT2D eigenvalue weighted by Gasteiger charge is -2.31. The van der Waals surface area contributed by atoms with E-state index in [1.54, 1.807) is 0 Å². The van der Waals surface area contributed by atoms with Crippen LogP contribution < -0.4 is 14.8 Å². The molecular weight excluding hydrogens is 254 g/mol. The molecule has 1 saturated heterocycles. The molecule has 1 fully saturated rings.